The Kier molecular flexibility index (Phi) is 5.03. The molecule has 1 spiro atoms. The Bertz CT molecular complexity index is 722. The molecule has 0 radical (unpaired) electrons. The summed E-state index contributed by atoms with van der Waals surface area (Å²) in [6, 6.07) is 5.30. The minimum atomic E-state index is 0.305. The number of rotatable bonds is 4. The molecule has 5 rings (SSSR count). The third-order valence-corrected chi connectivity index (χ3v) is 8.34. The Balaban J connectivity index is 1.48. The normalized spacial score (nSPS) is 27.2. The highest BCUT2D eigenvalue weighted by Gasteiger charge is 2.44. The zero-order valence-electron chi connectivity index (χ0n) is 16.3. The molecule has 3 heterocycles. The lowest BCUT2D eigenvalue weighted by atomic mass is 9.69. The molecule has 1 aliphatic heterocycles. The number of piperidine rings is 1. The van der Waals surface area contributed by atoms with Crippen LogP contribution in [0.1, 0.15) is 93.4 Å². The van der Waals surface area contributed by atoms with Gasteiger partial charge in [0.1, 0.15) is 0 Å². The minimum Gasteiger partial charge on any atom is -0.321 e. The lowest BCUT2D eigenvalue weighted by molar-refractivity contribution is -0.938. The van der Waals surface area contributed by atoms with Crippen LogP contribution in [0, 0.1) is 5.41 Å². The van der Waals surface area contributed by atoms with Crippen LogP contribution in [-0.4, -0.2) is 33.3 Å². The van der Waals surface area contributed by atoms with Gasteiger partial charge in [-0.3, -0.25) is 0 Å². The first-order valence-electron chi connectivity index (χ1n) is 11.0. The predicted octanol–water partition coefficient (Wildman–Crippen LogP) is 3.57. The third-order valence-electron chi connectivity index (χ3n) is 7.40. The molecule has 1 saturated heterocycles. The number of aromatic nitrogens is 4. The fraction of sp³-hybridized carbons (Fsp3) is 0.762. The smallest absolute Gasteiger partial charge is 0.215 e. The summed E-state index contributed by atoms with van der Waals surface area (Å²) in [4.78, 5) is 3.14. The Morgan fingerprint density at radius 3 is 2.67 bits per heavy atom. The van der Waals surface area contributed by atoms with Crippen molar-refractivity contribution in [1.82, 2.24) is 20.2 Å². The van der Waals surface area contributed by atoms with Crippen LogP contribution >= 0.6 is 11.3 Å². The van der Waals surface area contributed by atoms with Gasteiger partial charge in [-0.25, -0.2) is 4.68 Å². The van der Waals surface area contributed by atoms with Crippen molar-refractivity contribution in [2.45, 2.75) is 82.7 Å². The zero-order chi connectivity index (χ0) is 18.1. The maximum atomic E-state index is 4.61. The second-order valence-electron chi connectivity index (χ2n) is 9.12. The minimum absolute atomic E-state index is 0.305. The number of tetrazole rings is 1. The van der Waals surface area contributed by atoms with E-state index in [4.69, 9.17) is 0 Å². The van der Waals surface area contributed by atoms with E-state index in [0.717, 1.165) is 5.82 Å². The van der Waals surface area contributed by atoms with Crippen LogP contribution in [0.4, 0.5) is 0 Å². The van der Waals surface area contributed by atoms with Gasteiger partial charge in [-0.2, -0.15) is 0 Å². The van der Waals surface area contributed by atoms with Crippen LogP contribution in [0.25, 0.3) is 0 Å². The van der Waals surface area contributed by atoms with Crippen LogP contribution in [0.15, 0.2) is 17.5 Å². The van der Waals surface area contributed by atoms with Gasteiger partial charge in [0, 0.05) is 5.41 Å². The molecule has 146 valence electrons. The van der Waals surface area contributed by atoms with Gasteiger partial charge in [0.2, 0.25) is 5.82 Å². The Morgan fingerprint density at radius 1 is 1.07 bits per heavy atom. The van der Waals surface area contributed by atoms with Crippen molar-refractivity contribution in [2.75, 3.05) is 13.1 Å². The molecule has 1 N–H and O–H groups in total. The Hall–Kier alpha value is -1.27. The van der Waals surface area contributed by atoms with Crippen molar-refractivity contribution in [1.29, 1.82) is 0 Å². The SMILES string of the molecule is c1csc([C@H](c2nnnn2C2CCCC2)[NH+]2CCCC3(CCCCC3)C2)c1. The average Bonchev–Trinajstić information content (AvgIpc) is 3.46. The van der Waals surface area contributed by atoms with Gasteiger partial charge >= 0.3 is 0 Å². The van der Waals surface area contributed by atoms with Crippen molar-refractivity contribution in [3.05, 3.63) is 28.2 Å². The molecule has 27 heavy (non-hydrogen) atoms. The Labute approximate surface area is 166 Å². The summed E-state index contributed by atoms with van der Waals surface area (Å²) in [5.74, 6) is 1.12. The molecular weight excluding hydrogens is 354 g/mol. The van der Waals surface area contributed by atoms with Gasteiger partial charge in [-0.05, 0) is 60.4 Å². The van der Waals surface area contributed by atoms with Crippen LogP contribution < -0.4 is 4.90 Å². The number of hydrogen-bond donors (Lipinski definition) is 1. The Morgan fingerprint density at radius 2 is 1.89 bits per heavy atom. The molecule has 2 aromatic heterocycles. The van der Waals surface area contributed by atoms with Crippen molar-refractivity contribution in [3.63, 3.8) is 0 Å². The maximum Gasteiger partial charge on any atom is 0.215 e. The van der Waals surface area contributed by atoms with Gasteiger partial charge in [-0.1, -0.05) is 38.2 Å². The number of quaternary nitrogens is 1. The largest absolute Gasteiger partial charge is 0.321 e. The summed E-state index contributed by atoms with van der Waals surface area (Å²) in [6.07, 6.45) is 15.0. The molecule has 5 nitrogen and oxygen atoms in total. The summed E-state index contributed by atoms with van der Waals surface area (Å²) in [7, 11) is 0. The van der Waals surface area contributed by atoms with E-state index in [1.165, 1.54) is 88.6 Å². The first-order chi connectivity index (χ1) is 13.3. The number of likely N-dealkylation sites (tertiary alicyclic amines) is 1. The highest BCUT2D eigenvalue weighted by Crippen LogP contribution is 2.41. The van der Waals surface area contributed by atoms with Crippen molar-refractivity contribution in [2.24, 2.45) is 5.41 Å². The van der Waals surface area contributed by atoms with Gasteiger partial charge in [-0.15, -0.1) is 16.4 Å². The van der Waals surface area contributed by atoms with E-state index in [-0.39, 0.29) is 0 Å². The van der Waals surface area contributed by atoms with E-state index < -0.39 is 0 Å². The second kappa shape index (κ2) is 7.63. The lowest BCUT2D eigenvalue weighted by Gasteiger charge is -2.44. The molecule has 2 atom stereocenters. The van der Waals surface area contributed by atoms with Crippen molar-refractivity contribution in [3.8, 4) is 0 Å². The molecule has 6 heteroatoms. The second-order valence-corrected chi connectivity index (χ2v) is 10.1. The summed E-state index contributed by atoms with van der Waals surface area (Å²) in [6.45, 7) is 2.55. The highest BCUT2D eigenvalue weighted by molar-refractivity contribution is 7.10. The average molecular weight is 387 g/mol. The molecular formula is C21H32N5S+. The van der Waals surface area contributed by atoms with E-state index in [9.17, 15) is 0 Å². The van der Waals surface area contributed by atoms with Crippen LogP contribution in [0.3, 0.4) is 0 Å². The summed E-state index contributed by atoms with van der Waals surface area (Å²) < 4.78 is 2.20. The van der Waals surface area contributed by atoms with Crippen LogP contribution in [-0.2, 0) is 0 Å². The van der Waals surface area contributed by atoms with Crippen LogP contribution in [0.2, 0.25) is 0 Å². The van der Waals surface area contributed by atoms with E-state index >= 15 is 0 Å². The summed E-state index contributed by atoms with van der Waals surface area (Å²) in [5, 5.41) is 15.5. The van der Waals surface area contributed by atoms with E-state index in [0.29, 0.717) is 17.5 Å². The maximum absolute atomic E-state index is 4.61. The van der Waals surface area contributed by atoms with E-state index in [1.54, 1.807) is 4.90 Å². The number of nitrogens with zero attached hydrogens (tertiary/aromatic N) is 4. The zero-order valence-corrected chi connectivity index (χ0v) is 17.1. The molecule has 0 aromatic carbocycles. The van der Waals surface area contributed by atoms with Gasteiger partial charge < -0.3 is 4.90 Å². The van der Waals surface area contributed by atoms with Gasteiger partial charge in [0.15, 0.2) is 6.04 Å². The number of thiophene rings is 1. The first kappa shape index (κ1) is 17.8. The monoisotopic (exact) mass is 386 g/mol. The van der Waals surface area contributed by atoms with Gasteiger partial charge in [0.05, 0.1) is 24.0 Å². The molecule has 3 aliphatic rings. The third kappa shape index (κ3) is 3.46. The number of hydrogen-bond acceptors (Lipinski definition) is 4. The number of nitrogens with one attached hydrogen (secondary N) is 1. The topological polar surface area (TPSA) is 48.0 Å². The fourth-order valence-corrected chi connectivity index (χ4v) is 6.97. The fourth-order valence-electron chi connectivity index (χ4n) is 6.09. The van der Waals surface area contributed by atoms with Crippen molar-refractivity contribution < 1.29 is 4.90 Å². The molecule has 0 bridgehead atoms. The van der Waals surface area contributed by atoms with Crippen molar-refractivity contribution >= 4 is 11.3 Å². The summed E-state index contributed by atoms with van der Waals surface area (Å²) >= 11 is 1.88. The first-order valence-corrected chi connectivity index (χ1v) is 11.9. The molecule has 1 unspecified atom stereocenters. The summed E-state index contributed by atoms with van der Waals surface area (Å²) in [5.41, 5.74) is 0.576. The van der Waals surface area contributed by atoms with E-state index in [2.05, 4.69) is 37.7 Å². The lowest BCUT2D eigenvalue weighted by Crippen LogP contribution is -3.14. The van der Waals surface area contributed by atoms with Crippen LogP contribution in [0.5, 0.6) is 0 Å². The van der Waals surface area contributed by atoms with Gasteiger partial charge in [0.25, 0.3) is 0 Å². The molecule has 2 aliphatic carbocycles. The molecule has 2 saturated carbocycles. The quantitative estimate of drug-likeness (QED) is 0.874. The molecule has 3 fully saturated rings. The highest BCUT2D eigenvalue weighted by atomic mass is 32.1. The molecule has 2 aromatic rings. The predicted molar refractivity (Wildman–Crippen MR) is 107 cm³/mol. The molecule has 0 amide bonds. The standard InChI is InChI=1S/C21H31N5S/c1-4-11-21(12-5-1)13-7-14-25(16-21)19(18-10-6-15-27-18)20-22-23-24-26(20)17-8-2-3-9-17/h6,10,15,17,19H,1-5,7-9,11-14,16H2/p+1/t19-/m1/s1. The van der Waals surface area contributed by atoms with E-state index in [1.807, 2.05) is 11.3 Å².